The molecule has 0 spiro atoms. The fourth-order valence-corrected chi connectivity index (χ4v) is 34.1. The summed E-state index contributed by atoms with van der Waals surface area (Å²) in [7, 11) is -4.02. The van der Waals surface area contributed by atoms with Crippen molar-refractivity contribution in [1.82, 2.24) is 29.1 Å². The number of aryl methyl sites for hydroxylation is 2. The summed E-state index contributed by atoms with van der Waals surface area (Å²) < 4.78 is 12.6. The van der Waals surface area contributed by atoms with Gasteiger partial charge in [0.05, 0.1) is 28.1 Å². The van der Waals surface area contributed by atoms with Gasteiger partial charge in [0, 0.05) is 11.4 Å². The van der Waals surface area contributed by atoms with E-state index in [1.165, 1.54) is 90.6 Å². The van der Waals surface area contributed by atoms with E-state index in [1.807, 2.05) is 45.3 Å². The summed E-state index contributed by atoms with van der Waals surface area (Å²) in [5.74, 6) is 0. The van der Waals surface area contributed by atoms with Crippen molar-refractivity contribution < 1.29 is 0 Å². The third-order valence-electron chi connectivity index (χ3n) is 15.4. The average Bonchev–Trinajstić information content (AvgIpc) is 4.12. The highest BCUT2D eigenvalue weighted by molar-refractivity contribution is 7.37. The Bertz CT molecular complexity index is 2640. The number of hydrogen-bond donors (Lipinski definition) is 0. The molecule has 0 aliphatic heterocycles. The number of thiazole rings is 4. The van der Waals surface area contributed by atoms with E-state index in [4.69, 9.17) is 19.9 Å². The third kappa shape index (κ3) is 8.47. The lowest BCUT2D eigenvalue weighted by Gasteiger charge is -2.41. The van der Waals surface area contributed by atoms with Gasteiger partial charge in [-0.05, 0) is 94.3 Å². The van der Waals surface area contributed by atoms with Crippen molar-refractivity contribution in [1.29, 1.82) is 0 Å². The van der Waals surface area contributed by atoms with Crippen molar-refractivity contribution in [3.8, 4) is 21.4 Å². The lowest BCUT2D eigenvalue weighted by Crippen LogP contribution is -2.55. The van der Waals surface area contributed by atoms with Crippen molar-refractivity contribution >= 4 is 112 Å². The maximum absolute atomic E-state index is 5.72. The monoisotopic (exact) mass is 992 g/mol. The Morgan fingerprint density at radius 1 is 0.394 bits per heavy atom. The summed E-state index contributed by atoms with van der Waals surface area (Å²) in [5, 5.41) is 1.98. The molecule has 0 N–H and O–H groups in total. The van der Waals surface area contributed by atoms with E-state index >= 15 is 0 Å². The zero-order chi connectivity index (χ0) is 47.2. The maximum atomic E-state index is 5.72. The molecular weight excluding hydrogens is 917 g/mol. The van der Waals surface area contributed by atoms with E-state index in [1.54, 1.807) is 0 Å². The van der Waals surface area contributed by atoms with Crippen molar-refractivity contribution in [2.75, 3.05) is 0 Å². The van der Waals surface area contributed by atoms with Crippen molar-refractivity contribution in [3.63, 3.8) is 0 Å². The van der Waals surface area contributed by atoms with Gasteiger partial charge in [-0.3, -0.25) is 9.13 Å². The van der Waals surface area contributed by atoms with E-state index in [0.717, 1.165) is 56.8 Å². The molecule has 0 amide bonds. The van der Waals surface area contributed by atoms with Gasteiger partial charge in [-0.2, -0.15) is 0 Å². The molecule has 0 saturated carbocycles. The highest BCUT2D eigenvalue weighted by atomic mass is 32.1. The summed E-state index contributed by atoms with van der Waals surface area (Å²) in [5.41, 5.74) is 12.7. The Balaban J connectivity index is 1.31. The molecular formula is C54H76N6S4Si2. The minimum absolute atomic E-state index is 0.579. The zero-order valence-electron chi connectivity index (χ0n) is 42.5. The first-order valence-corrected chi connectivity index (χ1v) is 33.2. The molecule has 12 heteroatoms. The van der Waals surface area contributed by atoms with E-state index in [9.17, 15) is 0 Å². The Labute approximate surface area is 413 Å². The first kappa shape index (κ1) is 49.4. The molecule has 6 nitrogen and oxygen atoms in total. The second kappa shape index (κ2) is 20.1. The van der Waals surface area contributed by atoms with Gasteiger partial charge in [-0.25, -0.2) is 19.9 Å². The van der Waals surface area contributed by atoms with Crippen molar-refractivity contribution in [2.24, 2.45) is 0 Å². The maximum Gasteiger partial charge on any atom is 0.159 e. The molecule has 0 aliphatic carbocycles. The van der Waals surface area contributed by atoms with Crippen LogP contribution in [0.5, 0.6) is 0 Å². The largest absolute Gasteiger partial charge is 0.277 e. The zero-order valence-corrected chi connectivity index (χ0v) is 47.7. The molecule has 354 valence electrons. The third-order valence-corrected chi connectivity index (χ3v) is 35.6. The smallest absolute Gasteiger partial charge is 0.159 e. The fourth-order valence-electron chi connectivity index (χ4n) is 12.3. The Kier molecular flexibility index (Phi) is 15.1. The van der Waals surface area contributed by atoms with Gasteiger partial charge in [0.15, 0.2) is 32.6 Å². The Morgan fingerprint density at radius 2 is 0.697 bits per heavy atom. The van der Waals surface area contributed by atoms with E-state index in [-0.39, 0.29) is 0 Å². The molecule has 0 atom stereocenters. The van der Waals surface area contributed by atoms with Gasteiger partial charge >= 0.3 is 0 Å². The van der Waals surface area contributed by atoms with Crippen LogP contribution in [-0.2, 0) is 12.8 Å². The summed E-state index contributed by atoms with van der Waals surface area (Å²) in [4.78, 5) is 22.6. The van der Waals surface area contributed by atoms with Crippen LogP contribution in [-0.4, -0.2) is 45.2 Å². The normalized spacial score (nSPS) is 13.2. The lowest BCUT2D eigenvalue weighted by molar-refractivity contribution is 0.667. The standard InChI is InChI=1S/C54H76N6S4Si2/c1-15-17-19-21-23-39-25-29-41(30-26-39)59-47-43(45-49(59)57-53(63-45)65(33(3)4,34(5)6)35(7)8)61-51(55-47)52-56-48-44(62-52)46-50(58-54(64-46)66(36(9)10,37(11)12)38(13)14)60(48)42-31-27-40(28-32-42)24-22-20-18-16-2/h25-38H,15-24H2,1-14H3. The molecule has 66 heavy (non-hydrogen) atoms. The summed E-state index contributed by atoms with van der Waals surface area (Å²) in [6.45, 7) is 34.0. The first-order chi connectivity index (χ1) is 31.6. The number of rotatable bonds is 21. The molecule has 0 radical (unpaired) electrons. The molecule has 0 saturated heterocycles. The van der Waals surface area contributed by atoms with Gasteiger partial charge in [-0.1, -0.05) is 160 Å². The Morgan fingerprint density at radius 3 is 1.00 bits per heavy atom. The average molecular weight is 994 g/mol. The fraction of sp³-hybridized carbons (Fsp3) is 0.556. The van der Waals surface area contributed by atoms with Crippen LogP contribution in [0.1, 0.15) is 159 Å². The quantitative estimate of drug-likeness (QED) is 0.0532. The lowest BCUT2D eigenvalue weighted by atomic mass is 10.1. The van der Waals surface area contributed by atoms with E-state index < -0.39 is 16.1 Å². The number of aromatic nitrogens is 6. The molecule has 0 aliphatic rings. The van der Waals surface area contributed by atoms with Crippen LogP contribution in [0.4, 0.5) is 0 Å². The second-order valence-corrected chi connectivity index (χ2v) is 37.4. The molecule has 0 bridgehead atoms. The molecule has 8 aromatic rings. The molecule has 6 aromatic heterocycles. The minimum atomic E-state index is -2.01. The van der Waals surface area contributed by atoms with Gasteiger partial charge in [0.1, 0.15) is 16.1 Å². The predicted molar refractivity (Wildman–Crippen MR) is 300 cm³/mol. The number of benzene rings is 2. The van der Waals surface area contributed by atoms with Crippen molar-refractivity contribution in [2.45, 2.75) is 194 Å². The Hall–Kier alpha value is -3.01. The molecule has 2 aromatic carbocycles. The van der Waals surface area contributed by atoms with Crippen LogP contribution in [0.3, 0.4) is 0 Å². The minimum Gasteiger partial charge on any atom is -0.277 e. The highest BCUT2D eigenvalue weighted by Crippen LogP contribution is 2.49. The number of fused-ring (bicyclic) bond motifs is 6. The molecule has 6 heterocycles. The van der Waals surface area contributed by atoms with Crippen molar-refractivity contribution in [3.05, 3.63) is 59.7 Å². The van der Waals surface area contributed by atoms with Crippen LogP contribution in [0, 0.1) is 0 Å². The van der Waals surface area contributed by atoms with Crippen LogP contribution < -0.4 is 9.26 Å². The highest BCUT2D eigenvalue weighted by Gasteiger charge is 2.49. The molecule has 8 rings (SSSR count). The van der Waals surface area contributed by atoms with Gasteiger partial charge in [0.2, 0.25) is 0 Å². The van der Waals surface area contributed by atoms with Crippen LogP contribution in [0.25, 0.3) is 62.8 Å². The van der Waals surface area contributed by atoms with E-state index in [2.05, 4.69) is 155 Å². The first-order valence-electron chi connectivity index (χ1n) is 25.4. The van der Waals surface area contributed by atoms with Gasteiger partial charge in [-0.15, -0.1) is 45.3 Å². The van der Waals surface area contributed by atoms with Gasteiger partial charge in [0.25, 0.3) is 0 Å². The van der Waals surface area contributed by atoms with E-state index in [0.29, 0.717) is 33.2 Å². The van der Waals surface area contributed by atoms with Crippen LogP contribution in [0.15, 0.2) is 48.5 Å². The second-order valence-electron chi connectivity index (χ2n) is 21.1. The summed E-state index contributed by atoms with van der Waals surface area (Å²) in [6, 6.07) is 18.6. The number of unbranched alkanes of at least 4 members (excludes halogenated alkanes) is 6. The summed E-state index contributed by atoms with van der Waals surface area (Å²) >= 11 is 7.55. The molecule has 0 unspecified atom stereocenters. The summed E-state index contributed by atoms with van der Waals surface area (Å²) in [6.07, 6.45) is 12.4. The van der Waals surface area contributed by atoms with Crippen LogP contribution >= 0.6 is 45.3 Å². The topological polar surface area (TPSA) is 61.4 Å². The predicted octanol–water partition coefficient (Wildman–Crippen LogP) is 17.4. The number of hydrogen-bond acceptors (Lipinski definition) is 8. The molecule has 0 fully saturated rings. The van der Waals surface area contributed by atoms with Crippen LogP contribution in [0.2, 0.25) is 33.2 Å². The van der Waals surface area contributed by atoms with Gasteiger partial charge < -0.3 is 0 Å². The SMILES string of the molecule is CCCCCCc1ccc(-n2c3nc(-c4nc5c(s4)c4sc([Si](C(C)C)(C(C)C)C(C)C)nc4n5-c4ccc(CCCCCC)cc4)sc3c3sc([Si](C(C)C)(C(C)C)C(C)C)nc32)cc1. The number of nitrogens with zero attached hydrogens (tertiary/aromatic N) is 6.